The number of rotatable bonds is 5. The molecular formula is C13H15FN2O. The molecule has 17 heavy (non-hydrogen) atoms. The van der Waals surface area contributed by atoms with Crippen molar-refractivity contribution >= 4 is 5.82 Å². The van der Waals surface area contributed by atoms with E-state index in [2.05, 4.69) is 10.9 Å². The number of halogens is 1. The summed E-state index contributed by atoms with van der Waals surface area (Å²) in [5.41, 5.74) is 0.487. The van der Waals surface area contributed by atoms with Crippen LogP contribution in [0.5, 0.6) is 0 Å². The fraction of sp³-hybridized carbons (Fsp3) is 0.462. The molecule has 0 unspecified atom stereocenters. The number of terminal acetylenes is 1. The van der Waals surface area contributed by atoms with Crippen molar-refractivity contribution in [3.05, 3.63) is 23.6 Å². The topological polar surface area (TPSA) is 36.4 Å². The van der Waals surface area contributed by atoms with Crippen molar-refractivity contribution in [2.45, 2.75) is 19.4 Å². The van der Waals surface area contributed by atoms with Gasteiger partial charge in [0.2, 0.25) is 0 Å². The van der Waals surface area contributed by atoms with Gasteiger partial charge in [0.15, 0.2) is 0 Å². The third-order valence-electron chi connectivity index (χ3n) is 2.84. The number of nitrogens with zero attached hydrogens (tertiary/aromatic N) is 2. The molecule has 0 bridgehead atoms. The zero-order valence-electron chi connectivity index (χ0n) is 9.56. The number of aliphatic hydroxyl groups is 1. The van der Waals surface area contributed by atoms with Gasteiger partial charge >= 0.3 is 0 Å². The van der Waals surface area contributed by atoms with Crippen LogP contribution in [-0.4, -0.2) is 23.2 Å². The van der Waals surface area contributed by atoms with Crippen LogP contribution in [0.25, 0.3) is 0 Å². The van der Waals surface area contributed by atoms with Crippen molar-refractivity contribution in [2.24, 2.45) is 5.92 Å². The summed E-state index contributed by atoms with van der Waals surface area (Å²) in [6, 6.07) is 1.30. The first kappa shape index (κ1) is 11.9. The number of anilines is 1. The largest absolute Gasteiger partial charge is 0.392 e. The predicted molar refractivity (Wildman–Crippen MR) is 63.9 cm³/mol. The van der Waals surface area contributed by atoms with Crippen LogP contribution in [0, 0.1) is 24.1 Å². The fourth-order valence-corrected chi connectivity index (χ4v) is 1.82. The molecule has 0 atom stereocenters. The normalized spacial score (nSPS) is 14.4. The predicted octanol–water partition coefficient (Wildman–Crippen LogP) is 1.56. The van der Waals surface area contributed by atoms with Crippen LogP contribution in [0.2, 0.25) is 0 Å². The van der Waals surface area contributed by atoms with E-state index in [9.17, 15) is 9.50 Å². The van der Waals surface area contributed by atoms with Crippen LogP contribution in [-0.2, 0) is 6.61 Å². The van der Waals surface area contributed by atoms with Crippen LogP contribution in [0.4, 0.5) is 10.2 Å². The Morgan fingerprint density at radius 1 is 1.59 bits per heavy atom. The molecule has 0 amide bonds. The van der Waals surface area contributed by atoms with Crippen LogP contribution >= 0.6 is 0 Å². The summed E-state index contributed by atoms with van der Waals surface area (Å²) in [6.45, 7) is 1.03. The van der Waals surface area contributed by atoms with E-state index in [1.165, 1.54) is 18.9 Å². The minimum Gasteiger partial charge on any atom is -0.392 e. The summed E-state index contributed by atoms with van der Waals surface area (Å²) < 4.78 is 13.0. The Bertz CT molecular complexity index is 438. The molecule has 0 aliphatic heterocycles. The summed E-state index contributed by atoms with van der Waals surface area (Å²) >= 11 is 0. The van der Waals surface area contributed by atoms with Crippen molar-refractivity contribution in [1.29, 1.82) is 0 Å². The van der Waals surface area contributed by atoms with Crippen molar-refractivity contribution in [2.75, 3.05) is 18.0 Å². The molecule has 0 saturated heterocycles. The maximum absolute atomic E-state index is 13.0. The summed E-state index contributed by atoms with van der Waals surface area (Å²) in [6.07, 6.45) is 8.90. The first-order valence-electron chi connectivity index (χ1n) is 5.68. The molecule has 4 heteroatoms. The molecule has 1 heterocycles. The average Bonchev–Trinajstić information content (AvgIpc) is 3.12. The number of pyridine rings is 1. The second-order valence-electron chi connectivity index (χ2n) is 4.32. The Morgan fingerprint density at radius 3 is 2.94 bits per heavy atom. The van der Waals surface area contributed by atoms with Crippen molar-refractivity contribution in [1.82, 2.24) is 4.98 Å². The number of aliphatic hydroxyl groups excluding tert-OH is 1. The maximum atomic E-state index is 13.0. The quantitative estimate of drug-likeness (QED) is 0.785. The second kappa shape index (κ2) is 5.15. The minimum atomic E-state index is -0.440. The zero-order valence-corrected chi connectivity index (χ0v) is 9.56. The highest BCUT2D eigenvalue weighted by Crippen LogP contribution is 2.31. The Morgan fingerprint density at radius 2 is 2.35 bits per heavy atom. The van der Waals surface area contributed by atoms with Crippen LogP contribution in [0.15, 0.2) is 12.3 Å². The molecule has 3 nitrogen and oxygen atoms in total. The van der Waals surface area contributed by atoms with Crippen LogP contribution in [0.3, 0.4) is 0 Å². The molecule has 1 aromatic rings. The third-order valence-corrected chi connectivity index (χ3v) is 2.84. The van der Waals surface area contributed by atoms with E-state index in [4.69, 9.17) is 6.42 Å². The van der Waals surface area contributed by atoms with Gasteiger partial charge < -0.3 is 10.0 Å². The molecule has 1 aliphatic carbocycles. The zero-order chi connectivity index (χ0) is 12.3. The molecule has 1 fully saturated rings. The summed E-state index contributed by atoms with van der Waals surface area (Å²) in [5, 5.41) is 9.22. The van der Waals surface area contributed by atoms with E-state index in [0.717, 1.165) is 12.7 Å². The first-order valence-corrected chi connectivity index (χ1v) is 5.68. The lowest BCUT2D eigenvalue weighted by atomic mass is 10.2. The van der Waals surface area contributed by atoms with E-state index >= 15 is 0 Å². The summed E-state index contributed by atoms with van der Waals surface area (Å²) in [5.74, 6) is 3.39. The highest BCUT2D eigenvalue weighted by atomic mass is 19.1. The lowest BCUT2D eigenvalue weighted by Gasteiger charge is -2.23. The molecular weight excluding hydrogens is 219 g/mol. The monoisotopic (exact) mass is 234 g/mol. The van der Waals surface area contributed by atoms with Gasteiger partial charge in [0.25, 0.3) is 0 Å². The van der Waals surface area contributed by atoms with E-state index in [-0.39, 0.29) is 6.61 Å². The molecule has 1 aliphatic rings. The molecule has 2 rings (SSSR count). The fourth-order valence-electron chi connectivity index (χ4n) is 1.82. The maximum Gasteiger partial charge on any atom is 0.142 e. The summed E-state index contributed by atoms with van der Waals surface area (Å²) in [4.78, 5) is 5.98. The summed E-state index contributed by atoms with van der Waals surface area (Å²) in [7, 11) is 0. The Hall–Kier alpha value is -1.60. The van der Waals surface area contributed by atoms with E-state index in [1.54, 1.807) is 0 Å². The highest BCUT2D eigenvalue weighted by molar-refractivity contribution is 5.48. The van der Waals surface area contributed by atoms with Gasteiger partial charge in [0, 0.05) is 12.1 Å². The van der Waals surface area contributed by atoms with E-state index in [1.807, 2.05) is 4.90 Å². The highest BCUT2D eigenvalue weighted by Gasteiger charge is 2.25. The first-order chi connectivity index (χ1) is 8.24. The Balaban J connectivity index is 2.23. The molecule has 0 spiro atoms. The Kier molecular flexibility index (Phi) is 3.60. The number of hydrogen-bond donors (Lipinski definition) is 1. The van der Waals surface area contributed by atoms with E-state index in [0.29, 0.717) is 23.8 Å². The van der Waals surface area contributed by atoms with Crippen molar-refractivity contribution in [3.63, 3.8) is 0 Å². The van der Waals surface area contributed by atoms with Gasteiger partial charge in [-0.05, 0) is 24.8 Å². The lowest BCUT2D eigenvalue weighted by molar-refractivity contribution is 0.281. The smallest absolute Gasteiger partial charge is 0.142 e. The Labute approximate surface area is 100 Å². The molecule has 0 aromatic carbocycles. The minimum absolute atomic E-state index is 0.230. The standard InChI is InChI=1S/C13H15FN2O/c1-2-5-16(8-10-3-4-10)13-11(9-17)6-12(14)7-15-13/h1,6-7,10,17H,3-5,8-9H2. The van der Waals surface area contributed by atoms with Crippen LogP contribution < -0.4 is 4.90 Å². The number of hydrogen-bond acceptors (Lipinski definition) is 3. The van der Waals surface area contributed by atoms with Crippen molar-refractivity contribution in [3.8, 4) is 12.3 Å². The van der Waals surface area contributed by atoms with Gasteiger partial charge in [-0.2, -0.15) is 0 Å². The van der Waals surface area contributed by atoms with Gasteiger partial charge in [-0.1, -0.05) is 5.92 Å². The molecule has 1 saturated carbocycles. The van der Waals surface area contributed by atoms with Crippen molar-refractivity contribution < 1.29 is 9.50 Å². The molecule has 1 N–H and O–H groups in total. The van der Waals surface area contributed by atoms with Gasteiger partial charge in [-0.3, -0.25) is 0 Å². The molecule has 1 aromatic heterocycles. The van der Waals surface area contributed by atoms with Crippen LogP contribution in [0.1, 0.15) is 18.4 Å². The van der Waals surface area contributed by atoms with Gasteiger partial charge in [0.1, 0.15) is 11.6 Å². The van der Waals surface area contributed by atoms with E-state index < -0.39 is 5.82 Å². The average molecular weight is 234 g/mol. The van der Waals surface area contributed by atoms with Gasteiger partial charge in [0.05, 0.1) is 19.3 Å². The lowest BCUT2D eigenvalue weighted by Crippen LogP contribution is -2.28. The third kappa shape index (κ3) is 2.95. The number of aromatic nitrogens is 1. The van der Waals surface area contributed by atoms with Gasteiger partial charge in [-0.25, -0.2) is 9.37 Å². The second-order valence-corrected chi connectivity index (χ2v) is 4.32. The molecule has 90 valence electrons. The SMILES string of the molecule is C#CCN(CC1CC1)c1ncc(F)cc1CO. The van der Waals surface area contributed by atoms with Gasteiger partial charge in [-0.15, -0.1) is 6.42 Å². The molecule has 0 radical (unpaired) electrons.